The number of halogens is 2. The van der Waals surface area contributed by atoms with Crippen molar-refractivity contribution >= 4 is 29.1 Å². The number of amides is 1. The Morgan fingerprint density at radius 1 is 1.42 bits per heavy atom. The zero-order valence-electron chi connectivity index (χ0n) is 10.3. The van der Waals surface area contributed by atoms with Crippen LogP contribution in [0.5, 0.6) is 0 Å². The average Bonchev–Trinajstić information content (AvgIpc) is 2.79. The first kappa shape index (κ1) is 14.6. The summed E-state index contributed by atoms with van der Waals surface area (Å²) in [5.41, 5.74) is 0.838. The monoisotopic (exact) mass is 302 g/mol. The third-order valence-electron chi connectivity index (χ3n) is 3.16. The molecule has 1 fully saturated rings. The van der Waals surface area contributed by atoms with Gasteiger partial charge in [-0.25, -0.2) is 0 Å². The van der Waals surface area contributed by atoms with Crippen molar-refractivity contribution in [1.82, 2.24) is 10.6 Å². The lowest BCUT2D eigenvalue weighted by Gasteiger charge is -2.12. The molecule has 19 heavy (non-hydrogen) atoms. The number of carbonyl (C=O) groups is 1. The molecule has 1 amide bonds. The predicted molar refractivity (Wildman–Crippen MR) is 75.6 cm³/mol. The van der Waals surface area contributed by atoms with E-state index in [2.05, 4.69) is 10.6 Å². The number of carbonyl (C=O) groups excluding carboxylic acids is 1. The van der Waals surface area contributed by atoms with Crippen molar-refractivity contribution in [2.45, 2.75) is 25.0 Å². The molecule has 1 saturated heterocycles. The van der Waals surface area contributed by atoms with Gasteiger partial charge in [-0.2, -0.15) is 0 Å². The quantitative estimate of drug-likeness (QED) is 0.787. The maximum atomic E-state index is 11.8. The van der Waals surface area contributed by atoms with Crippen LogP contribution in [0.3, 0.4) is 0 Å². The smallest absolute Gasteiger partial charge is 0.237 e. The lowest BCUT2D eigenvalue weighted by Crippen LogP contribution is -2.41. The minimum absolute atomic E-state index is 0.0975. The Morgan fingerprint density at radius 2 is 2.11 bits per heavy atom. The Bertz CT molecular complexity index is 448. The van der Waals surface area contributed by atoms with E-state index in [0.717, 1.165) is 5.56 Å². The standard InChI is InChI=1S/C13H16Cl2N2O2/c14-10-2-1-3-11(15)9(10)4-5-16-13(19)12-6-8(18)7-17-12/h1-3,8,12,17-18H,4-7H2,(H,16,19). The highest BCUT2D eigenvalue weighted by molar-refractivity contribution is 6.35. The fraction of sp³-hybridized carbons (Fsp3) is 0.462. The first-order valence-electron chi connectivity index (χ1n) is 6.20. The topological polar surface area (TPSA) is 61.4 Å². The van der Waals surface area contributed by atoms with Gasteiger partial charge in [-0.3, -0.25) is 4.79 Å². The molecule has 6 heteroatoms. The molecule has 2 atom stereocenters. The molecule has 0 spiro atoms. The number of rotatable bonds is 4. The van der Waals surface area contributed by atoms with Crippen LogP contribution in [0, 0.1) is 0 Å². The molecule has 1 aromatic carbocycles. The van der Waals surface area contributed by atoms with Gasteiger partial charge in [0.2, 0.25) is 5.91 Å². The summed E-state index contributed by atoms with van der Waals surface area (Å²) in [7, 11) is 0. The summed E-state index contributed by atoms with van der Waals surface area (Å²) in [5, 5.41) is 16.3. The number of benzene rings is 1. The van der Waals surface area contributed by atoms with Gasteiger partial charge in [0.1, 0.15) is 0 Å². The van der Waals surface area contributed by atoms with E-state index in [0.29, 0.717) is 36.0 Å². The summed E-state index contributed by atoms with van der Waals surface area (Å²) >= 11 is 12.1. The predicted octanol–water partition coefficient (Wildman–Crippen LogP) is 1.37. The molecule has 104 valence electrons. The van der Waals surface area contributed by atoms with Crippen LogP contribution >= 0.6 is 23.2 Å². The van der Waals surface area contributed by atoms with Gasteiger partial charge in [-0.15, -0.1) is 0 Å². The molecule has 2 unspecified atom stereocenters. The number of β-amino-alcohol motifs (C(OH)–C–C–N with tert-alkyl or cyclic N) is 1. The maximum Gasteiger partial charge on any atom is 0.237 e. The van der Waals surface area contributed by atoms with E-state index in [1.165, 1.54) is 0 Å². The molecule has 0 radical (unpaired) electrons. The van der Waals surface area contributed by atoms with Crippen LogP contribution < -0.4 is 10.6 Å². The second kappa shape index (κ2) is 6.57. The molecule has 0 bridgehead atoms. The number of nitrogens with one attached hydrogen (secondary N) is 2. The van der Waals surface area contributed by atoms with Crippen molar-refractivity contribution in [2.75, 3.05) is 13.1 Å². The van der Waals surface area contributed by atoms with Gasteiger partial charge in [-0.1, -0.05) is 29.3 Å². The van der Waals surface area contributed by atoms with Crippen LogP contribution in [0.15, 0.2) is 18.2 Å². The normalized spacial score (nSPS) is 22.5. The van der Waals surface area contributed by atoms with E-state index in [4.69, 9.17) is 23.2 Å². The summed E-state index contributed by atoms with van der Waals surface area (Å²) in [6.45, 7) is 0.936. The van der Waals surface area contributed by atoms with Crippen molar-refractivity contribution < 1.29 is 9.90 Å². The van der Waals surface area contributed by atoms with E-state index < -0.39 is 6.10 Å². The van der Waals surface area contributed by atoms with E-state index in [1.54, 1.807) is 18.2 Å². The van der Waals surface area contributed by atoms with Crippen LogP contribution in [0.2, 0.25) is 10.0 Å². The lowest BCUT2D eigenvalue weighted by molar-refractivity contribution is -0.122. The Morgan fingerprint density at radius 3 is 2.68 bits per heavy atom. The lowest BCUT2D eigenvalue weighted by atomic mass is 10.1. The number of hydrogen-bond donors (Lipinski definition) is 3. The van der Waals surface area contributed by atoms with E-state index in [-0.39, 0.29) is 11.9 Å². The van der Waals surface area contributed by atoms with Gasteiger partial charge in [0.15, 0.2) is 0 Å². The van der Waals surface area contributed by atoms with E-state index >= 15 is 0 Å². The second-order valence-corrected chi connectivity index (χ2v) is 5.41. The fourth-order valence-corrected chi connectivity index (χ4v) is 2.71. The molecule has 1 aromatic rings. The van der Waals surface area contributed by atoms with E-state index in [1.807, 2.05) is 0 Å². The molecule has 1 aliphatic rings. The molecule has 0 aliphatic carbocycles. The highest BCUT2D eigenvalue weighted by Gasteiger charge is 2.27. The van der Waals surface area contributed by atoms with E-state index in [9.17, 15) is 9.90 Å². The van der Waals surface area contributed by atoms with Crippen LogP contribution in [-0.4, -0.2) is 36.2 Å². The number of aliphatic hydroxyl groups is 1. The van der Waals surface area contributed by atoms with Gasteiger partial charge >= 0.3 is 0 Å². The fourth-order valence-electron chi connectivity index (χ4n) is 2.12. The Hall–Kier alpha value is -0.810. The Labute approximate surface area is 122 Å². The molecular formula is C13H16Cl2N2O2. The highest BCUT2D eigenvalue weighted by Crippen LogP contribution is 2.24. The zero-order valence-corrected chi connectivity index (χ0v) is 11.8. The summed E-state index contributed by atoms with van der Waals surface area (Å²) in [4.78, 5) is 11.8. The molecule has 4 nitrogen and oxygen atoms in total. The molecule has 1 aliphatic heterocycles. The second-order valence-electron chi connectivity index (χ2n) is 4.59. The largest absolute Gasteiger partial charge is 0.392 e. The SMILES string of the molecule is O=C(NCCc1c(Cl)cccc1Cl)C1CC(O)CN1. The molecule has 0 saturated carbocycles. The minimum atomic E-state index is -0.436. The summed E-state index contributed by atoms with van der Waals surface area (Å²) in [5.74, 6) is -0.0975. The summed E-state index contributed by atoms with van der Waals surface area (Å²) in [6.07, 6.45) is 0.604. The van der Waals surface area contributed by atoms with Crippen molar-refractivity contribution in [2.24, 2.45) is 0 Å². The van der Waals surface area contributed by atoms with Crippen LogP contribution in [0.4, 0.5) is 0 Å². The minimum Gasteiger partial charge on any atom is -0.392 e. The Balaban J connectivity index is 1.82. The first-order chi connectivity index (χ1) is 9.08. The zero-order chi connectivity index (χ0) is 13.8. The van der Waals surface area contributed by atoms with Gasteiger partial charge in [0, 0.05) is 23.1 Å². The molecule has 1 heterocycles. The van der Waals surface area contributed by atoms with Crippen molar-refractivity contribution in [3.05, 3.63) is 33.8 Å². The third-order valence-corrected chi connectivity index (χ3v) is 3.87. The molecule has 0 aromatic heterocycles. The first-order valence-corrected chi connectivity index (χ1v) is 6.95. The number of hydrogen-bond acceptors (Lipinski definition) is 3. The molecule has 3 N–H and O–H groups in total. The van der Waals surface area contributed by atoms with Gasteiger partial charge in [-0.05, 0) is 30.5 Å². The summed E-state index contributed by atoms with van der Waals surface area (Å²) < 4.78 is 0. The maximum absolute atomic E-state index is 11.8. The Kier molecular flexibility index (Phi) is 5.05. The van der Waals surface area contributed by atoms with Gasteiger partial charge < -0.3 is 15.7 Å². The third kappa shape index (κ3) is 3.83. The average molecular weight is 303 g/mol. The molecule has 2 rings (SSSR count). The number of aliphatic hydroxyl groups excluding tert-OH is 1. The van der Waals surface area contributed by atoms with Crippen LogP contribution in [0.1, 0.15) is 12.0 Å². The van der Waals surface area contributed by atoms with Gasteiger partial charge in [0.25, 0.3) is 0 Å². The van der Waals surface area contributed by atoms with Crippen LogP contribution in [-0.2, 0) is 11.2 Å². The van der Waals surface area contributed by atoms with Crippen molar-refractivity contribution in [1.29, 1.82) is 0 Å². The van der Waals surface area contributed by atoms with Gasteiger partial charge in [0.05, 0.1) is 12.1 Å². The van der Waals surface area contributed by atoms with Crippen molar-refractivity contribution in [3.63, 3.8) is 0 Å². The van der Waals surface area contributed by atoms with Crippen molar-refractivity contribution in [3.8, 4) is 0 Å². The van der Waals surface area contributed by atoms with Crippen LogP contribution in [0.25, 0.3) is 0 Å². The molecular weight excluding hydrogens is 287 g/mol. The highest BCUT2D eigenvalue weighted by atomic mass is 35.5. The summed E-state index contributed by atoms with van der Waals surface area (Å²) in [6, 6.07) is 5.03.